The van der Waals surface area contributed by atoms with Crippen molar-refractivity contribution in [3.63, 3.8) is 0 Å². The Hall–Kier alpha value is -1.51. The SMILES string of the molecule is CCCc1cc(C(=O)OCC)ccc1O. The summed E-state index contributed by atoms with van der Waals surface area (Å²) in [7, 11) is 0. The van der Waals surface area contributed by atoms with Gasteiger partial charge in [-0.05, 0) is 37.1 Å². The maximum Gasteiger partial charge on any atom is 0.338 e. The zero-order chi connectivity index (χ0) is 11.3. The monoisotopic (exact) mass is 208 g/mol. The van der Waals surface area contributed by atoms with Crippen LogP contribution in [0.15, 0.2) is 18.2 Å². The number of ether oxygens (including phenoxy) is 1. The van der Waals surface area contributed by atoms with E-state index < -0.39 is 0 Å². The highest BCUT2D eigenvalue weighted by Crippen LogP contribution is 2.20. The number of carbonyl (C=O) groups is 1. The highest BCUT2D eigenvalue weighted by Gasteiger charge is 2.09. The van der Waals surface area contributed by atoms with E-state index in [0.29, 0.717) is 12.2 Å². The number of hydrogen-bond acceptors (Lipinski definition) is 3. The summed E-state index contributed by atoms with van der Waals surface area (Å²) in [4.78, 5) is 11.4. The molecule has 0 aromatic heterocycles. The van der Waals surface area contributed by atoms with Crippen molar-refractivity contribution in [3.05, 3.63) is 29.3 Å². The Bertz CT molecular complexity index is 345. The van der Waals surface area contributed by atoms with E-state index >= 15 is 0 Å². The van der Waals surface area contributed by atoms with Crippen LogP contribution in [-0.2, 0) is 11.2 Å². The highest BCUT2D eigenvalue weighted by atomic mass is 16.5. The number of hydrogen-bond donors (Lipinski definition) is 1. The topological polar surface area (TPSA) is 46.5 Å². The van der Waals surface area contributed by atoms with Crippen LogP contribution in [-0.4, -0.2) is 17.7 Å². The fourth-order valence-corrected chi connectivity index (χ4v) is 1.40. The summed E-state index contributed by atoms with van der Waals surface area (Å²) in [6, 6.07) is 4.81. The number of carbonyl (C=O) groups excluding carboxylic acids is 1. The number of rotatable bonds is 4. The molecule has 0 aliphatic rings. The predicted molar refractivity (Wildman–Crippen MR) is 58.1 cm³/mol. The first-order valence-electron chi connectivity index (χ1n) is 5.18. The second kappa shape index (κ2) is 5.39. The van der Waals surface area contributed by atoms with Gasteiger partial charge in [-0.3, -0.25) is 0 Å². The van der Waals surface area contributed by atoms with Crippen LogP contribution in [0.2, 0.25) is 0 Å². The smallest absolute Gasteiger partial charge is 0.338 e. The predicted octanol–water partition coefficient (Wildman–Crippen LogP) is 2.52. The maximum absolute atomic E-state index is 11.4. The molecule has 0 saturated heterocycles. The minimum atomic E-state index is -0.338. The fourth-order valence-electron chi connectivity index (χ4n) is 1.40. The van der Waals surface area contributed by atoms with Crippen LogP contribution in [0, 0.1) is 0 Å². The molecule has 3 heteroatoms. The number of esters is 1. The zero-order valence-corrected chi connectivity index (χ0v) is 9.12. The van der Waals surface area contributed by atoms with Gasteiger partial charge in [0.05, 0.1) is 12.2 Å². The third kappa shape index (κ3) is 2.98. The first kappa shape index (κ1) is 11.6. The molecule has 0 heterocycles. The van der Waals surface area contributed by atoms with Crippen molar-refractivity contribution in [1.82, 2.24) is 0 Å². The molecule has 82 valence electrons. The lowest BCUT2D eigenvalue weighted by molar-refractivity contribution is 0.0526. The third-order valence-electron chi connectivity index (χ3n) is 2.11. The first-order chi connectivity index (χ1) is 7.19. The molecule has 3 nitrogen and oxygen atoms in total. The van der Waals surface area contributed by atoms with Gasteiger partial charge in [-0.2, -0.15) is 0 Å². The Labute approximate surface area is 89.7 Å². The van der Waals surface area contributed by atoms with Crippen LogP contribution in [0.1, 0.15) is 36.2 Å². The zero-order valence-electron chi connectivity index (χ0n) is 9.12. The summed E-state index contributed by atoms with van der Waals surface area (Å²) in [5.74, 6) is -0.0975. The lowest BCUT2D eigenvalue weighted by Crippen LogP contribution is -2.05. The molecule has 0 radical (unpaired) electrons. The second-order valence-electron chi connectivity index (χ2n) is 3.31. The molecule has 1 aromatic carbocycles. The number of aromatic hydroxyl groups is 1. The summed E-state index contributed by atoms with van der Waals surface area (Å²) < 4.78 is 4.88. The summed E-state index contributed by atoms with van der Waals surface area (Å²) in [5, 5.41) is 9.53. The van der Waals surface area contributed by atoms with Gasteiger partial charge in [-0.25, -0.2) is 4.79 Å². The Morgan fingerprint density at radius 2 is 2.13 bits per heavy atom. The van der Waals surface area contributed by atoms with Gasteiger partial charge in [0.15, 0.2) is 0 Å². The van der Waals surface area contributed by atoms with Crippen molar-refractivity contribution < 1.29 is 14.6 Å². The van der Waals surface area contributed by atoms with Crippen LogP contribution in [0.5, 0.6) is 5.75 Å². The van der Waals surface area contributed by atoms with Crippen LogP contribution in [0.3, 0.4) is 0 Å². The van der Waals surface area contributed by atoms with Crippen molar-refractivity contribution in [2.45, 2.75) is 26.7 Å². The van der Waals surface area contributed by atoms with Gasteiger partial charge in [-0.1, -0.05) is 13.3 Å². The molecule has 0 unspecified atom stereocenters. The standard InChI is InChI=1S/C12H16O3/c1-3-5-9-8-10(6-7-11(9)13)12(14)15-4-2/h6-8,13H,3-5H2,1-2H3. The van der Waals surface area contributed by atoms with Crippen LogP contribution in [0.25, 0.3) is 0 Å². The molecule has 0 fully saturated rings. The van der Waals surface area contributed by atoms with E-state index in [4.69, 9.17) is 4.74 Å². The Balaban J connectivity index is 2.91. The van der Waals surface area contributed by atoms with E-state index in [-0.39, 0.29) is 11.7 Å². The van der Waals surface area contributed by atoms with E-state index in [2.05, 4.69) is 0 Å². The normalized spacial score (nSPS) is 10.0. The van der Waals surface area contributed by atoms with Gasteiger partial charge in [0.1, 0.15) is 5.75 Å². The average molecular weight is 208 g/mol. The summed E-state index contributed by atoms with van der Waals surface area (Å²) in [5.41, 5.74) is 1.29. The van der Waals surface area contributed by atoms with Crippen molar-refractivity contribution >= 4 is 5.97 Å². The maximum atomic E-state index is 11.4. The van der Waals surface area contributed by atoms with Crippen molar-refractivity contribution in [3.8, 4) is 5.75 Å². The fraction of sp³-hybridized carbons (Fsp3) is 0.417. The quantitative estimate of drug-likeness (QED) is 0.773. The summed E-state index contributed by atoms with van der Waals surface area (Å²) in [6.45, 7) is 4.16. The second-order valence-corrected chi connectivity index (χ2v) is 3.31. The minimum Gasteiger partial charge on any atom is -0.508 e. The Morgan fingerprint density at radius 1 is 1.40 bits per heavy atom. The Kier molecular flexibility index (Phi) is 4.16. The van der Waals surface area contributed by atoms with Crippen LogP contribution >= 0.6 is 0 Å². The Morgan fingerprint density at radius 3 is 2.73 bits per heavy atom. The van der Waals surface area contributed by atoms with Gasteiger partial charge < -0.3 is 9.84 Å². The molecule has 0 bridgehead atoms. The van der Waals surface area contributed by atoms with Gasteiger partial charge in [0.2, 0.25) is 0 Å². The van der Waals surface area contributed by atoms with Crippen LogP contribution in [0.4, 0.5) is 0 Å². The lowest BCUT2D eigenvalue weighted by atomic mass is 10.1. The number of aryl methyl sites for hydroxylation is 1. The van der Waals surface area contributed by atoms with E-state index in [0.717, 1.165) is 18.4 Å². The molecular weight excluding hydrogens is 192 g/mol. The van der Waals surface area contributed by atoms with Crippen molar-refractivity contribution in [1.29, 1.82) is 0 Å². The van der Waals surface area contributed by atoms with Crippen molar-refractivity contribution in [2.75, 3.05) is 6.61 Å². The van der Waals surface area contributed by atoms with E-state index in [1.165, 1.54) is 6.07 Å². The molecule has 0 spiro atoms. The number of phenols is 1. The van der Waals surface area contributed by atoms with E-state index in [1.54, 1.807) is 19.1 Å². The van der Waals surface area contributed by atoms with Gasteiger partial charge in [-0.15, -0.1) is 0 Å². The van der Waals surface area contributed by atoms with E-state index in [1.807, 2.05) is 6.92 Å². The molecule has 0 amide bonds. The minimum absolute atomic E-state index is 0.241. The first-order valence-corrected chi connectivity index (χ1v) is 5.18. The molecule has 15 heavy (non-hydrogen) atoms. The molecule has 0 atom stereocenters. The molecule has 0 aliphatic heterocycles. The van der Waals surface area contributed by atoms with Gasteiger partial charge in [0.25, 0.3) is 0 Å². The largest absolute Gasteiger partial charge is 0.508 e. The molecule has 1 aromatic rings. The van der Waals surface area contributed by atoms with Crippen molar-refractivity contribution in [2.24, 2.45) is 0 Å². The lowest BCUT2D eigenvalue weighted by Gasteiger charge is -2.06. The van der Waals surface area contributed by atoms with E-state index in [9.17, 15) is 9.90 Å². The van der Waals surface area contributed by atoms with Gasteiger partial charge >= 0.3 is 5.97 Å². The molecule has 0 aliphatic carbocycles. The highest BCUT2D eigenvalue weighted by molar-refractivity contribution is 5.89. The summed E-state index contributed by atoms with van der Waals surface area (Å²) in [6.07, 6.45) is 1.69. The molecule has 1 rings (SSSR count). The summed E-state index contributed by atoms with van der Waals surface area (Å²) >= 11 is 0. The number of benzene rings is 1. The third-order valence-corrected chi connectivity index (χ3v) is 2.11. The van der Waals surface area contributed by atoms with Crippen LogP contribution < -0.4 is 0 Å². The van der Waals surface area contributed by atoms with Gasteiger partial charge in [0, 0.05) is 0 Å². The molecular formula is C12H16O3. The average Bonchev–Trinajstić information content (AvgIpc) is 2.22. The number of phenolic OH excluding ortho intramolecular Hbond substituents is 1. The molecule has 1 N–H and O–H groups in total. The molecule has 0 saturated carbocycles.